The predicted octanol–water partition coefficient (Wildman–Crippen LogP) is 2.91. The minimum atomic E-state index is -2.89. The van der Waals surface area contributed by atoms with Crippen molar-refractivity contribution in [3.63, 3.8) is 0 Å². The number of rotatable bonds is 8. The minimum Gasteiger partial charge on any atom is -0.435 e. The van der Waals surface area contributed by atoms with Crippen molar-refractivity contribution in [2.75, 3.05) is 11.1 Å². The van der Waals surface area contributed by atoms with Gasteiger partial charge in [-0.2, -0.15) is 8.78 Å². The van der Waals surface area contributed by atoms with E-state index in [1.807, 2.05) is 0 Å². The number of alkyl halides is 2. The second-order valence-electron chi connectivity index (χ2n) is 6.01. The minimum absolute atomic E-state index is 0.0280. The lowest BCUT2D eigenvalue weighted by atomic mass is 10.1. The lowest BCUT2D eigenvalue weighted by Crippen LogP contribution is -2.19. The Bertz CT molecular complexity index is 1060. The number of hydrogen-bond donors (Lipinski definition) is 2. The number of ether oxygens (including phenoxy) is 1. The molecule has 3 aromatic rings. The van der Waals surface area contributed by atoms with Crippen LogP contribution in [0.15, 0.2) is 53.7 Å². The van der Waals surface area contributed by atoms with Crippen LogP contribution in [0.2, 0.25) is 0 Å². The third kappa shape index (κ3) is 5.11. The van der Waals surface area contributed by atoms with Crippen LogP contribution in [0.4, 0.5) is 14.5 Å². The maximum absolute atomic E-state index is 12.3. The van der Waals surface area contributed by atoms with Gasteiger partial charge in [0.05, 0.1) is 17.0 Å². The Morgan fingerprint density at radius 2 is 1.87 bits per heavy atom. The fraction of sp³-hybridized carbons (Fsp3) is 0.158. The topological polar surface area (TPSA) is 112 Å². The van der Waals surface area contributed by atoms with E-state index >= 15 is 0 Å². The van der Waals surface area contributed by atoms with Crippen molar-refractivity contribution in [3.8, 4) is 17.1 Å². The van der Waals surface area contributed by atoms with Gasteiger partial charge in [-0.3, -0.25) is 9.59 Å². The molecule has 2 aromatic carbocycles. The molecule has 0 saturated heterocycles. The SMILES string of the molecule is Cn1c(SCC(=O)Nc2ccccc2C(N)=O)nnc1-c1ccc(OC(F)F)cc1. The van der Waals surface area contributed by atoms with Crippen LogP contribution in [0.1, 0.15) is 10.4 Å². The predicted molar refractivity (Wildman–Crippen MR) is 107 cm³/mol. The molecule has 0 bridgehead atoms. The van der Waals surface area contributed by atoms with Crippen LogP contribution in [0, 0.1) is 0 Å². The number of hydrogen-bond acceptors (Lipinski definition) is 6. The smallest absolute Gasteiger partial charge is 0.387 e. The van der Waals surface area contributed by atoms with Gasteiger partial charge in [0, 0.05) is 12.6 Å². The van der Waals surface area contributed by atoms with Crippen LogP contribution in [0.5, 0.6) is 5.75 Å². The Morgan fingerprint density at radius 1 is 1.17 bits per heavy atom. The van der Waals surface area contributed by atoms with Crippen LogP contribution in [0.25, 0.3) is 11.4 Å². The number of amides is 2. The molecule has 0 spiro atoms. The second kappa shape index (κ2) is 9.35. The Balaban J connectivity index is 1.64. The van der Waals surface area contributed by atoms with E-state index in [0.29, 0.717) is 22.2 Å². The molecule has 156 valence electrons. The summed E-state index contributed by atoms with van der Waals surface area (Å²) in [5.74, 6) is -0.410. The maximum Gasteiger partial charge on any atom is 0.387 e. The number of benzene rings is 2. The fourth-order valence-electron chi connectivity index (χ4n) is 2.60. The van der Waals surface area contributed by atoms with Crippen molar-refractivity contribution in [1.82, 2.24) is 14.8 Å². The molecule has 1 aromatic heterocycles. The summed E-state index contributed by atoms with van der Waals surface area (Å²) in [6.07, 6.45) is 0. The molecule has 8 nitrogen and oxygen atoms in total. The van der Waals surface area contributed by atoms with E-state index in [1.165, 1.54) is 18.2 Å². The summed E-state index contributed by atoms with van der Waals surface area (Å²) in [6.45, 7) is -2.89. The molecular formula is C19H17F2N5O3S. The lowest BCUT2D eigenvalue weighted by Gasteiger charge is -2.09. The Kier molecular flexibility index (Phi) is 6.62. The van der Waals surface area contributed by atoms with Gasteiger partial charge in [-0.25, -0.2) is 0 Å². The third-order valence-electron chi connectivity index (χ3n) is 3.97. The van der Waals surface area contributed by atoms with Gasteiger partial charge in [0.1, 0.15) is 5.75 Å². The van der Waals surface area contributed by atoms with Gasteiger partial charge in [0.15, 0.2) is 11.0 Å². The van der Waals surface area contributed by atoms with Gasteiger partial charge in [0.2, 0.25) is 5.91 Å². The Hall–Kier alpha value is -3.47. The number of aromatic nitrogens is 3. The van der Waals surface area contributed by atoms with Gasteiger partial charge in [-0.05, 0) is 36.4 Å². The normalized spacial score (nSPS) is 10.8. The first-order valence-electron chi connectivity index (χ1n) is 8.61. The van der Waals surface area contributed by atoms with Crippen molar-refractivity contribution in [2.45, 2.75) is 11.8 Å². The summed E-state index contributed by atoms with van der Waals surface area (Å²) in [7, 11) is 1.72. The summed E-state index contributed by atoms with van der Waals surface area (Å²) in [5, 5.41) is 11.3. The molecule has 3 N–H and O–H groups in total. The zero-order valence-corrected chi connectivity index (χ0v) is 16.5. The zero-order chi connectivity index (χ0) is 21.7. The molecular weight excluding hydrogens is 416 g/mol. The summed E-state index contributed by atoms with van der Waals surface area (Å²) in [5.41, 5.74) is 6.51. The molecule has 1 heterocycles. The third-order valence-corrected chi connectivity index (χ3v) is 4.99. The monoisotopic (exact) mass is 433 g/mol. The van der Waals surface area contributed by atoms with Crippen molar-refractivity contribution in [1.29, 1.82) is 0 Å². The van der Waals surface area contributed by atoms with Gasteiger partial charge in [-0.15, -0.1) is 10.2 Å². The Morgan fingerprint density at radius 3 is 2.53 bits per heavy atom. The molecule has 0 aliphatic carbocycles. The first-order chi connectivity index (χ1) is 14.3. The molecule has 11 heteroatoms. The summed E-state index contributed by atoms with van der Waals surface area (Å²) < 4.78 is 30.5. The van der Waals surface area contributed by atoms with Gasteiger partial charge >= 0.3 is 6.61 Å². The largest absolute Gasteiger partial charge is 0.435 e. The first-order valence-corrected chi connectivity index (χ1v) is 9.60. The molecule has 2 amide bonds. The van der Waals surface area contributed by atoms with Gasteiger partial charge < -0.3 is 20.4 Å². The average molecular weight is 433 g/mol. The van der Waals surface area contributed by atoms with E-state index in [4.69, 9.17) is 5.73 Å². The van der Waals surface area contributed by atoms with Crippen molar-refractivity contribution < 1.29 is 23.1 Å². The lowest BCUT2D eigenvalue weighted by molar-refractivity contribution is -0.113. The molecule has 0 unspecified atom stereocenters. The van der Waals surface area contributed by atoms with E-state index in [-0.39, 0.29) is 23.0 Å². The molecule has 0 aliphatic heterocycles. The highest BCUT2D eigenvalue weighted by molar-refractivity contribution is 7.99. The highest BCUT2D eigenvalue weighted by Crippen LogP contribution is 2.25. The van der Waals surface area contributed by atoms with E-state index in [0.717, 1.165) is 11.8 Å². The number of nitrogens with two attached hydrogens (primary N) is 1. The summed E-state index contributed by atoms with van der Waals surface area (Å²) >= 11 is 1.15. The standard InChI is InChI=1S/C19H17F2N5O3S/c1-26-17(11-6-8-12(9-7-11)29-18(20)21)24-25-19(26)30-10-15(27)23-14-5-3-2-4-13(14)16(22)28/h2-9,18H,10H2,1H3,(H2,22,28)(H,23,27). The highest BCUT2D eigenvalue weighted by atomic mass is 32.2. The molecule has 30 heavy (non-hydrogen) atoms. The van der Waals surface area contributed by atoms with E-state index in [2.05, 4.69) is 20.3 Å². The molecule has 0 aliphatic rings. The molecule has 0 saturated carbocycles. The number of carbonyl (C=O) groups is 2. The highest BCUT2D eigenvalue weighted by Gasteiger charge is 2.15. The van der Waals surface area contributed by atoms with Crippen LogP contribution in [0.3, 0.4) is 0 Å². The average Bonchev–Trinajstić information content (AvgIpc) is 3.07. The second-order valence-corrected chi connectivity index (χ2v) is 6.96. The molecule has 0 radical (unpaired) electrons. The number of nitrogens with zero attached hydrogens (tertiary/aromatic N) is 3. The number of halogens is 2. The summed E-state index contributed by atoms with van der Waals surface area (Å²) in [6, 6.07) is 12.4. The van der Waals surface area contributed by atoms with Crippen LogP contribution >= 0.6 is 11.8 Å². The summed E-state index contributed by atoms with van der Waals surface area (Å²) in [4.78, 5) is 23.7. The van der Waals surface area contributed by atoms with E-state index < -0.39 is 12.5 Å². The van der Waals surface area contributed by atoms with Crippen LogP contribution < -0.4 is 15.8 Å². The number of thioether (sulfide) groups is 1. The number of para-hydroxylation sites is 1. The maximum atomic E-state index is 12.3. The van der Waals surface area contributed by atoms with E-state index in [1.54, 1.807) is 41.9 Å². The van der Waals surface area contributed by atoms with Crippen molar-refractivity contribution in [2.24, 2.45) is 12.8 Å². The molecule has 0 fully saturated rings. The van der Waals surface area contributed by atoms with E-state index in [9.17, 15) is 18.4 Å². The first kappa shape index (κ1) is 21.2. The Labute approximate surface area is 174 Å². The fourth-order valence-corrected chi connectivity index (χ4v) is 3.31. The number of primary amides is 1. The van der Waals surface area contributed by atoms with Crippen LogP contribution in [-0.2, 0) is 11.8 Å². The quantitative estimate of drug-likeness (QED) is 0.529. The molecule has 0 atom stereocenters. The van der Waals surface area contributed by atoms with Crippen LogP contribution in [-0.4, -0.2) is 38.9 Å². The van der Waals surface area contributed by atoms with Crippen molar-refractivity contribution in [3.05, 3.63) is 54.1 Å². The number of anilines is 1. The zero-order valence-electron chi connectivity index (χ0n) is 15.7. The number of carbonyl (C=O) groups excluding carboxylic acids is 2. The number of nitrogens with one attached hydrogen (secondary N) is 1. The molecule has 3 rings (SSSR count). The van der Waals surface area contributed by atoms with Crippen molar-refractivity contribution >= 4 is 29.3 Å². The van der Waals surface area contributed by atoms with Gasteiger partial charge in [0.25, 0.3) is 5.91 Å². The van der Waals surface area contributed by atoms with Gasteiger partial charge in [-0.1, -0.05) is 23.9 Å².